The van der Waals surface area contributed by atoms with Crippen molar-refractivity contribution >= 4 is 0 Å². The second-order valence-electron chi connectivity index (χ2n) is 7.25. The Morgan fingerprint density at radius 2 is 2.00 bits per heavy atom. The minimum atomic E-state index is 0.178. The summed E-state index contributed by atoms with van der Waals surface area (Å²) in [7, 11) is 1.90. The van der Waals surface area contributed by atoms with Gasteiger partial charge in [-0.3, -0.25) is 0 Å². The second kappa shape index (κ2) is 5.94. The van der Waals surface area contributed by atoms with Crippen LogP contribution in [0.5, 0.6) is 0 Å². The van der Waals surface area contributed by atoms with E-state index < -0.39 is 0 Å². The highest BCUT2D eigenvalue weighted by Crippen LogP contribution is 2.47. The molecule has 0 aromatic heterocycles. The maximum atomic E-state index is 6.10. The van der Waals surface area contributed by atoms with Crippen LogP contribution in [0.2, 0.25) is 0 Å². The molecule has 20 heavy (non-hydrogen) atoms. The number of methoxy groups -OCH3 is 1. The fourth-order valence-electron chi connectivity index (χ4n) is 4.46. The SMILES string of the molecule is CCNC(CC1(OC)CCC1)C1CCOC2(CCC2)C1. The van der Waals surface area contributed by atoms with Gasteiger partial charge in [0.05, 0.1) is 11.2 Å². The van der Waals surface area contributed by atoms with Gasteiger partial charge in [0.2, 0.25) is 0 Å². The molecule has 3 fully saturated rings. The minimum absolute atomic E-state index is 0.178. The van der Waals surface area contributed by atoms with Crippen molar-refractivity contribution in [2.75, 3.05) is 20.3 Å². The van der Waals surface area contributed by atoms with Crippen molar-refractivity contribution in [1.29, 1.82) is 0 Å². The summed E-state index contributed by atoms with van der Waals surface area (Å²) in [6, 6.07) is 0.613. The van der Waals surface area contributed by atoms with E-state index in [1.54, 1.807) is 0 Å². The summed E-state index contributed by atoms with van der Waals surface area (Å²) in [5.41, 5.74) is 0.439. The van der Waals surface area contributed by atoms with Crippen LogP contribution in [0.15, 0.2) is 0 Å². The van der Waals surface area contributed by atoms with E-state index in [0.717, 1.165) is 19.1 Å². The Balaban J connectivity index is 1.63. The molecule has 1 aliphatic heterocycles. The largest absolute Gasteiger partial charge is 0.378 e. The molecule has 0 bridgehead atoms. The third-order valence-corrected chi connectivity index (χ3v) is 6.12. The zero-order chi connectivity index (χ0) is 14.1. The molecule has 0 radical (unpaired) electrons. The standard InChI is InChI=1S/C17H31NO2/c1-3-18-15(13-16(19-2)7-4-8-16)14-6-11-20-17(12-14)9-5-10-17/h14-15,18H,3-13H2,1-2H3. The normalized spacial score (nSPS) is 32.4. The van der Waals surface area contributed by atoms with Crippen molar-refractivity contribution in [1.82, 2.24) is 5.32 Å². The summed E-state index contributed by atoms with van der Waals surface area (Å²) >= 11 is 0. The molecule has 3 aliphatic rings. The Bertz CT molecular complexity index is 317. The molecule has 1 saturated heterocycles. The molecule has 3 rings (SSSR count). The summed E-state index contributed by atoms with van der Waals surface area (Å²) in [5.74, 6) is 0.775. The van der Waals surface area contributed by atoms with Crippen molar-refractivity contribution in [3.63, 3.8) is 0 Å². The number of hydrogen-bond acceptors (Lipinski definition) is 3. The quantitative estimate of drug-likeness (QED) is 0.810. The summed E-state index contributed by atoms with van der Waals surface area (Å²) in [5, 5.41) is 3.76. The number of ether oxygens (including phenoxy) is 2. The molecule has 3 heteroatoms. The highest BCUT2D eigenvalue weighted by Gasteiger charge is 2.46. The van der Waals surface area contributed by atoms with Crippen LogP contribution in [-0.2, 0) is 9.47 Å². The molecule has 3 nitrogen and oxygen atoms in total. The number of hydrogen-bond donors (Lipinski definition) is 1. The third kappa shape index (κ3) is 2.77. The summed E-state index contributed by atoms with van der Waals surface area (Å²) in [6.07, 6.45) is 11.5. The van der Waals surface area contributed by atoms with Crippen LogP contribution in [0.1, 0.15) is 64.7 Å². The van der Waals surface area contributed by atoms with Gasteiger partial charge in [-0.15, -0.1) is 0 Å². The molecule has 1 heterocycles. The molecule has 0 aromatic rings. The van der Waals surface area contributed by atoms with E-state index in [1.165, 1.54) is 57.8 Å². The summed E-state index contributed by atoms with van der Waals surface area (Å²) in [6.45, 7) is 4.26. The van der Waals surface area contributed by atoms with Crippen molar-refractivity contribution in [3.05, 3.63) is 0 Å². The zero-order valence-corrected chi connectivity index (χ0v) is 13.2. The van der Waals surface area contributed by atoms with Gasteiger partial charge < -0.3 is 14.8 Å². The second-order valence-corrected chi connectivity index (χ2v) is 7.25. The summed E-state index contributed by atoms with van der Waals surface area (Å²) < 4.78 is 12.0. The van der Waals surface area contributed by atoms with Crippen LogP contribution in [0.3, 0.4) is 0 Å². The predicted octanol–water partition coefficient (Wildman–Crippen LogP) is 3.27. The highest BCUT2D eigenvalue weighted by molar-refractivity contribution is 5.00. The average molecular weight is 281 g/mol. The van der Waals surface area contributed by atoms with Crippen LogP contribution < -0.4 is 5.32 Å². The van der Waals surface area contributed by atoms with Gasteiger partial charge in [-0.25, -0.2) is 0 Å². The number of nitrogens with one attached hydrogen (secondary N) is 1. The summed E-state index contributed by atoms with van der Waals surface area (Å²) in [4.78, 5) is 0. The van der Waals surface area contributed by atoms with E-state index in [9.17, 15) is 0 Å². The van der Waals surface area contributed by atoms with Gasteiger partial charge in [0, 0.05) is 19.8 Å². The average Bonchev–Trinajstić information content (AvgIpc) is 2.40. The lowest BCUT2D eigenvalue weighted by Crippen LogP contribution is -2.53. The highest BCUT2D eigenvalue weighted by atomic mass is 16.5. The molecule has 2 saturated carbocycles. The fraction of sp³-hybridized carbons (Fsp3) is 1.00. The minimum Gasteiger partial charge on any atom is -0.378 e. The van der Waals surface area contributed by atoms with Crippen molar-refractivity contribution < 1.29 is 9.47 Å². The Morgan fingerprint density at radius 1 is 1.25 bits per heavy atom. The maximum Gasteiger partial charge on any atom is 0.0693 e. The van der Waals surface area contributed by atoms with Crippen LogP contribution in [0.25, 0.3) is 0 Å². The maximum absolute atomic E-state index is 6.10. The lowest BCUT2D eigenvalue weighted by Gasteiger charge is -2.51. The first-order chi connectivity index (χ1) is 9.71. The van der Waals surface area contributed by atoms with Gasteiger partial charge in [-0.2, -0.15) is 0 Å². The molecule has 2 unspecified atom stereocenters. The van der Waals surface area contributed by atoms with Gasteiger partial charge in [0.15, 0.2) is 0 Å². The molecule has 2 aliphatic carbocycles. The Kier molecular flexibility index (Phi) is 4.40. The third-order valence-electron chi connectivity index (χ3n) is 6.12. The van der Waals surface area contributed by atoms with E-state index >= 15 is 0 Å². The van der Waals surface area contributed by atoms with Crippen LogP contribution in [0, 0.1) is 5.92 Å². The Labute approximate surface area is 123 Å². The molecule has 0 aromatic carbocycles. The van der Waals surface area contributed by atoms with Gasteiger partial charge in [-0.05, 0) is 70.3 Å². The number of rotatable bonds is 6. The van der Waals surface area contributed by atoms with Gasteiger partial charge >= 0.3 is 0 Å². The molecule has 116 valence electrons. The lowest BCUT2D eigenvalue weighted by atomic mass is 9.67. The fourth-order valence-corrected chi connectivity index (χ4v) is 4.46. The van der Waals surface area contributed by atoms with Crippen molar-refractivity contribution in [2.24, 2.45) is 5.92 Å². The van der Waals surface area contributed by atoms with Crippen LogP contribution in [0.4, 0.5) is 0 Å². The monoisotopic (exact) mass is 281 g/mol. The van der Waals surface area contributed by atoms with E-state index in [0.29, 0.717) is 6.04 Å². The smallest absolute Gasteiger partial charge is 0.0693 e. The van der Waals surface area contributed by atoms with E-state index in [-0.39, 0.29) is 11.2 Å². The van der Waals surface area contributed by atoms with E-state index in [2.05, 4.69) is 12.2 Å². The molecule has 0 amide bonds. The van der Waals surface area contributed by atoms with Gasteiger partial charge in [0.1, 0.15) is 0 Å². The lowest BCUT2D eigenvalue weighted by molar-refractivity contribution is -0.153. The predicted molar refractivity (Wildman–Crippen MR) is 80.9 cm³/mol. The van der Waals surface area contributed by atoms with Crippen LogP contribution in [-0.4, -0.2) is 37.5 Å². The molecule has 1 N–H and O–H groups in total. The van der Waals surface area contributed by atoms with Crippen molar-refractivity contribution in [3.8, 4) is 0 Å². The van der Waals surface area contributed by atoms with E-state index in [4.69, 9.17) is 9.47 Å². The van der Waals surface area contributed by atoms with Crippen LogP contribution >= 0.6 is 0 Å². The molecule has 2 atom stereocenters. The zero-order valence-electron chi connectivity index (χ0n) is 13.2. The Hall–Kier alpha value is -0.120. The molecule has 1 spiro atoms. The van der Waals surface area contributed by atoms with Gasteiger partial charge in [0.25, 0.3) is 0 Å². The Morgan fingerprint density at radius 3 is 2.50 bits per heavy atom. The molecular weight excluding hydrogens is 250 g/mol. The molecular formula is C17H31NO2. The van der Waals surface area contributed by atoms with Gasteiger partial charge in [-0.1, -0.05) is 6.92 Å². The topological polar surface area (TPSA) is 30.5 Å². The first-order valence-electron chi connectivity index (χ1n) is 8.63. The first-order valence-corrected chi connectivity index (χ1v) is 8.63. The van der Waals surface area contributed by atoms with Crippen molar-refractivity contribution in [2.45, 2.75) is 82.0 Å². The first kappa shape index (κ1) is 14.8. The van der Waals surface area contributed by atoms with E-state index in [1.807, 2.05) is 7.11 Å².